The van der Waals surface area contributed by atoms with Crippen molar-refractivity contribution in [1.29, 1.82) is 0 Å². The molecule has 0 amide bonds. The SMILES string of the molecule is CC(C)C(C1CC(OS(C)(=O)=O)C1)C(O[SiH3])(C(C)C)C(C)C. The Hall–Kier alpha value is 0.0869. The van der Waals surface area contributed by atoms with Crippen LogP contribution in [0.5, 0.6) is 0 Å². The zero-order valence-electron chi connectivity index (χ0n) is 15.4. The molecule has 0 radical (unpaired) electrons. The molecule has 0 heterocycles. The molecular formula is C16H34O4SSi. The van der Waals surface area contributed by atoms with E-state index in [1.54, 1.807) is 0 Å². The van der Waals surface area contributed by atoms with Gasteiger partial charge in [-0.25, -0.2) is 0 Å². The van der Waals surface area contributed by atoms with E-state index in [4.69, 9.17) is 8.61 Å². The summed E-state index contributed by atoms with van der Waals surface area (Å²) >= 11 is 0. The molecule has 4 nitrogen and oxygen atoms in total. The quantitative estimate of drug-likeness (QED) is 0.498. The van der Waals surface area contributed by atoms with Gasteiger partial charge < -0.3 is 4.43 Å². The lowest BCUT2D eigenvalue weighted by molar-refractivity contribution is -0.131. The van der Waals surface area contributed by atoms with E-state index in [1.165, 1.54) is 0 Å². The fourth-order valence-corrected chi connectivity index (χ4v) is 6.57. The molecule has 0 bridgehead atoms. The van der Waals surface area contributed by atoms with Crippen LogP contribution in [-0.4, -0.2) is 36.9 Å². The van der Waals surface area contributed by atoms with Crippen molar-refractivity contribution in [3.05, 3.63) is 0 Å². The molecule has 22 heavy (non-hydrogen) atoms. The van der Waals surface area contributed by atoms with Crippen molar-refractivity contribution in [2.45, 2.75) is 66.1 Å². The van der Waals surface area contributed by atoms with Crippen LogP contribution < -0.4 is 0 Å². The second kappa shape index (κ2) is 7.32. The average molecular weight is 351 g/mol. The van der Waals surface area contributed by atoms with Gasteiger partial charge in [0, 0.05) is 0 Å². The van der Waals surface area contributed by atoms with Crippen LogP contribution in [0, 0.1) is 29.6 Å². The van der Waals surface area contributed by atoms with E-state index in [2.05, 4.69) is 41.5 Å². The molecule has 0 aromatic rings. The molecule has 1 atom stereocenters. The lowest BCUT2D eigenvalue weighted by atomic mass is 9.57. The van der Waals surface area contributed by atoms with Gasteiger partial charge in [0.15, 0.2) is 0 Å². The van der Waals surface area contributed by atoms with Crippen molar-refractivity contribution in [3.8, 4) is 0 Å². The van der Waals surface area contributed by atoms with Gasteiger partial charge in [-0.2, -0.15) is 8.42 Å². The molecule has 6 heteroatoms. The summed E-state index contributed by atoms with van der Waals surface area (Å²) < 4.78 is 33.9. The third kappa shape index (κ3) is 4.13. The third-order valence-electron chi connectivity index (χ3n) is 5.35. The smallest absolute Gasteiger partial charge is 0.264 e. The van der Waals surface area contributed by atoms with Crippen molar-refractivity contribution in [2.24, 2.45) is 29.6 Å². The first-order valence-corrected chi connectivity index (χ1v) is 11.0. The summed E-state index contributed by atoms with van der Waals surface area (Å²) in [6.45, 7) is 13.5. The van der Waals surface area contributed by atoms with Crippen LogP contribution in [0.15, 0.2) is 0 Å². The zero-order valence-corrected chi connectivity index (χ0v) is 18.2. The van der Waals surface area contributed by atoms with Crippen LogP contribution in [0.1, 0.15) is 54.4 Å². The molecule has 0 aliphatic heterocycles. The molecule has 0 aromatic heterocycles. The van der Waals surface area contributed by atoms with Gasteiger partial charge in [0.05, 0.1) is 18.0 Å². The van der Waals surface area contributed by atoms with Gasteiger partial charge in [-0.3, -0.25) is 4.18 Å². The first-order valence-electron chi connectivity index (χ1n) is 8.39. The number of hydrogen-bond acceptors (Lipinski definition) is 4. The third-order valence-corrected chi connectivity index (χ3v) is 6.68. The first-order chi connectivity index (χ1) is 9.95. The van der Waals surface area contributed by atoms with Crippen LogP contribution in [0.3, 0.4) is 0 Å². The van der Waals surface area contributed by atoms with Gasteiger partial charge in [-0.1, -0.05) is 41.5 Å². The summed E-state index contributed by atoms with van der Waals surface area (Å²) in [5, 5.41) is 0. The van der Waals surface area contributed by atoms with Crippen molar-refractivity contribution in [1.82, 2.24) is 0 Å². The van der Waals surface area contributed by atoms with Crippen LogP contribution >= 0.6 is 0 Å². The Bertz CT molecular complexity index is 445. The second-order valence-corrected chi connectivity index (χ2v) is 9.80. The van der Waals surface area contributed by atoms with E-state index in [0.29, 0.717) is 29.6 Å². The molecule has 1 fully saturated rings. The molecule has 132 valence electrons. The Morgan fingerprint density at radius 3 is 1.77 bits per heavy atom. The van der Waals surface area contributed by atoms with E-state index in [-0.39, 0.29) is 11.7 Å². The highest BCUT2D eigenvalue weighted by Crippen LogP contribution is 2.50. The predicted molar refractivity (Wildman–Crippen MR) is 94.2 cm³/mol. The Labute approximate surface area is 140 Å². The molecule has 0 aromatic carbocycles. The van der Waals surface area contributed by atoms with Crippen LogP contribution in [-0.2, 0) is 18.7 Å². The summed E-state index contributed by atoms with van der Waals surface area (Å²) in [6, 6.07) is 0. The molecule has 0 N–H and O–H groups in total. The fourth-order valence-electron chi connectivity index (χ4n) is 4.70. The summed E-state index contributed by atoms with van der Waals surface area (Å²) in [6.07, 6.45) is 2.63. The molecule has 0 saturated heterocycles. The highest BCUT2D eigenvalue weighted by molar-refractivity contribution is 7.86. The topological polar surface area (TPSA) is 52.6 Å². The molecule has 1 aliphatic carbocycles. The van der Waals surface area contributed by atoms with Crippen molar-refractivity contribution in [2.75, 3.05) is 6.26 Å². The molecule has 1 aliphatic rings. The summed E-state index contributed by atoms with van der Waals surface area (Å²) in [7, 11) is -2.63. The Balaban J connectivity index is 2.96. The Morgan fingerprint density at radius 2 is 1.50 bits per heavy atom. The van der Waals surface area contributed by atoms with Gasteiger partial charge in [0.2, 0.25) is 0 Å². The minimum Gasteiger partial charge on any atom is -0.422 e. The minimum atomic E-state index is -3.35. The number of hydrogen-bond donors (Lipinski definition) is 0. The van der Waals surface area contributed by atoms with Crippen molar-refractivity contribution < 1.29 is 17.0 Å². The van der Waals surface area contributed by atoms with Gasteiger partial charge >= 0.3 is 0 Å². The van der Waals surface area contributed by atoms with Gasteiger partial charge in [0.1, 0.15) is 10.5 Å². The van der Waals surface area contributed by atoms with Crippen LogP contribution in [0.2, 0.25) is 0 Å². The maximum atomic E-state index is 11.3. The van der Waals surface area contributed by atoms with Crippen molar-refractivity contribution in [3.63, 3.8) is 0 Å². The highest BCUT2D eigenvalue weighted by atomic mass is 32.2. The van der Waals surface area contributed by atoms with Crippen molar-refractivity contribution >= 4 is 20.6 Å². The molecule has 0 spiro atoms. The normalized spacial score (nSPS) is 25.0. The Kier molecular flexibility index (Phi) is 6.70. The lowest BCUT2D eigenvalue weighted by Crippen LogP contribution is -2.57. The second-order valence-electron chi connectivity index (χ2n) is 7.79. The van der Waals surface area contributed by atoms with E-state index >= 15 is 0 Å². The largest absolute Gasteiger partial charge is 0.422 e. The predicted octanol–water partition coefficient (Wildman–Crippen LogP) is 2.36. The van der Waals surface area contributed by atoms with Gasteiger partial charge in [-0.15, -0.1) is 0 Å². The van der Waals surface area contributed by atoms with E-state index in [1.807, 2.05) is 0 Å². The van der Waals surface area contributed by atoms with E-state index < -0.39 is 10.1 Å². The average Bonchev–Trinajstić information content (AvgIpc) is 2.28. The van der Waals surface area contributed by atoms with E-state index in [0.717, 1.165) is 29.6 Å². The fraction of sp³-hybridized carbons (Fsp3) is 1.00. The van der Waals surface area contributed by atoms with Crippen LogP contribution in [0.25, 0.3) is 0 Å². The standard InChI is InChI=1S/C16H34O4SSi/c1-10(2)15(16(20-22,11(3)4)12(5)6)13-8-14(9-13)19-21(7,17)18/h10-15H,8-9H2,1-7,22H3. The highest BCUT2D eigenvalue weighted by Gasteiger charge is 2.52. The molecule has 1 unspecified atom stereocenters. The number of rotatable bonds is 8. The lowest BCUT2D eigenvalue weighted by Gasteiger charge is -2.55. The van der Waals surface area contributed by atoms with Gasteiger partial charge in [-0.05, 0) is 42.4 Å². The first kappa shape index (κ1) is 20.1. The summed E-state index contributed by atoms with van der Waals surface area (Å²) in [5.74, 6) is 2.29. The molecule has 1 saturated carbocycles. The molecular weight excluding hydrogens is 316 g/mol. The summed E-state index contributed by atoms with van der Waals surface area (Å²) in [5.41, 5.74) is -0.124. The minimum absolute atomic E-state index is 0.124. The maximum absolute atomic E-state index is 11.3. The van der Waals surface area contributed by atoms with E-state index in [9.17, 15) is 8.42 Å². The summed E-state index contributed by atoms with van der Waals surface area (Å²) in [4.78, 5) is 0. The molecule has 1 rings (SSSR count). The maximum Gasteiger partial charge on any atom is 0.264 e. The van der Waals surface area contributed by atoms with Gasteiger partial charge in [0.25, 0.3) is 10.1 Å². The zero-order chi connectivity index (χ0) is 17.3. The Morgan fingerprint density at radius 1 is 1.05 bits per heavy atom. The monoisotopic (exact) mass is 350 g/mol. The van der Waals surface area contributed by atoms with Crippen LogP contribution in [0.4, 0.5) is 0 Å².